The minimum atomic E-state index is -2.81. The highest BCUT2D eigenvalue weighted by molar-refractivity contribution is 8.20. The fraction of sp³-hybridized carbons (Fsp3) is 0. The van der Waals surface area contributed by atoms with Crippen molar-refractivity contribution < 1.29 is 35.7 Å². The Morgan fingerprint density at radius 3 is 1.65 bits per heavy atom. The van der Waals surface area contributed by atoms with Crippen molar-refractivity contribution in [3.05, 3.63) is 29.1 Å². The Morgan fingerprint density at radius 2 is 1.29 bits per heavy atom. The van der Waals surface area contributed by atoms with E-state index in [1.807, 2.05) is 0 Å². The normalized spacial score (nSPS) is 12.4. The van der Waals surface area contributed by atoms with Gasteiger partial charge in [0.15, 0.2) is 0 Å². The fourth-order valence-electron chi connectivity index (χ4n) is 0.790. The van der Waals surface area contributed by atoms with E-state index < -0.39 is 50.2 Å². The van der Waals surface area contributed by atoms with Gasteiger partial charge in [0.25, 0.3) is 0 Å². The van der Waals surface area contributed by atoms with Gasteiger partial charge in [-0.15, -0.1) is 0 Å². The standard InChI is InChI=1S/C7ClF5O3S/c8-17(15)7(14)16-6-4(12)2(10)1(9)3(11)5(6)13. The summed E-state index contributed by atoms with van der Waals surface area (Å²) in [5, 5.41) is -1.87. The molecule has 0 saturated carbocycles. The van der Waals surface area contributed by atoms with Crippen LogP contribution in [0.15, 0.2) is 0 Å². The summed E-state index contributed by atoms with van der Waals surface area (Å²) in [5.74, 6) is -13.6. The molecular formula is C7ClF5O3S. The molecule has 1 rings (SSSR count). The average molecular weight is 295 g/mol. The number of ether oxygens (including phenoxy) is 1. The zero-order valence-electron chi connectivity index (χ0n) is 7.40. The minimum absolute atomic E-state index is 1.86. The molecule has 0 saturated heterocycles. The quantitative estimate of drug-likeness (QED) is 0.263. The Balaban J connectivity index is 3.35. The lowest BCUT2D eigenvalue weighted by atomic mass is 10.3. The molecule has 0 bridgehead atoms. The first kappa shape index (κ1) is 13.8. The predicted octanol–water partition coefficient (Wildman–Crippen LogP) is 2.78. The van der Waals surface area contributed by atoms with Crippen LogP contribution in [0.5, 0.6) is 5.75 Å². The first-order valence-corrected chi connectivity index (χ1v) is 5.56. The SMILES string of the molecule is O=C(Oc1c(F)c(F)c(F)c(F)c1F)S(=O)Cl. The maximum atomic E-state index is 12.9. The highest BCUT2D eigenvalue weighted by Crippen LogP contribution is 2.29. The summed E-state index contributed by atoms with van der Waals surface area (Å²) in [7, 11) is 1.88. The highest BCUT2D eigenvalue weighted by atomic mass is 35.7. The monoisotopic (exact) mass is 294 g/mol. The van der Waals surface area contributed by atoms with Crippen molar-refractivity contribution >= 4 is 26.0 Å². The topological polar surface area (TPSA) is 43.4 Å². The fourth-order valence-corrected chi connectivity index (χ4v) is 1.03. The largest absolute Gasteiger partial charge is 0.418 e. The Labute approximate surface area is 97.1 Å². The molecule has 0 amide bonds. The van der Waals surface area contributed by atoms with Gasteiger partial charge in [0.1, 0.15) is 0 Å². The van der Waals surface area contributed by atoms with E-state index in [1.165, 1.54) is 0 Å². The van der Waals surface area contributed by atoms with E-state index >= 15 is 0 Å². The van der Waals surface area contributed by atoms with Gasteiger partial charge in [-0.25, -0.2) is 22.2 Å². The number of hydrogen-bond acceptors (Lipinski definition) is 3. The van der Waals surface area contributed by atoms with E-state index in [2.05, 4.69) is 15.4 Å². The second-order valence-electron chi connectivity index (χ2n) is 2.47. The van der Waals surface area contributed by atoms with Crippen LogP contribution in [0.4, 0.5) is 26.7 Å². The molecule has 0 N–H and O–H groups in total. The lowest BCUT2D eigenvalue weighted by molar-refractivity contribution is 0.218. The van der Waals surface area contributed by atoms with Crippen LogP contribution in [-0.2, 0) is 10.0 Å². The highest BCUT2D eigenvalue weighted by Gasteiger charge is 2.29. The van der Waals surface area contributed by atoms with Crippen molar-refractivity contribution in [3.8, 4) is 5.75 Å². The zero-order valence-corrected chi connectivity index (χ0v) is 8.97. The lowest BCUT2D eigenvalue weighted by Crippen LogP contribution is -2.13. The van der Waals surface area contributed by atoms with E-state index in [0.717, 1.165) is 0 Å². The molecule has 0 spiro atoms. The van der Waals surface area contributed by atoms with E-state index in [4.69, 9.17) is 0 Å². The number of halogens is 6. The van der Waals surface area contributed by atoms with Crippen LogP contribution < -0.4 is 4.74 Å². The Hall–Kier alpha value is -1.22. The molecule has 0 aliphatic carbocycles. The molecule has 1 unspecified atom stereocenters. The second-order valence-corrected chi connectivity index (χ2v) is 4.10. The van der Waals surface area contributed by atoms with Crippen LogP contribution in [0.1, 0.15) is 0 Å². The number of hydrogen-bond donors (Lipinski definition) is 0. The molecule has 3 nitrogen and oxygen atoms in total. The van der Waals surface area contributed by atoms with Gasteiger partial charge in [-0.1, -0.05) is 0 Å². The van der Waals surface area contributed by atoms with Crippen LogP contribution in [0.25, 0.3) is 0 Å². The van der Waals surface area contributed by atoms with Gasteiger partial charge in [0.05, 0.1) is 0 Å². The van der Waals surface area contributed by atoms with Crippen molar-refractivity contribution in [1.82, 2.24) is 0 Å². The number of benzene rings is 1. The predicted molar refractivity (Wildman–Crippen MR) is 46.3 cm³/mol. The number of carbonyl (C=O) groups is 1. The van der Waals surface area contributed by atoms with Crippen LogP contribution in [0, 0.1) is 29.1 Å². The smallest absolute Gasteiger partial charge is 0.409 e. The van der Waals surface area contributed by atoms with Gasteiger partial charge in [0, 0.05) is 10.7 Å². The molecular weight excluding hydrogens is 295 g/mol. The summed E-state index contributed by atoms with van der Waals surface area (Å²) in [6.45, 7) is 0. The molecule has 0 aliphatic rings. The molecule has 1 aromatic rings. The molecule has 17 heavy (non-hydrogen) atoms. The third-order valence-electron chi connectivity index (χ3n) is 1.49. The summed E-state index contributed by atoms with van der Waals surface area (Å²) in [6, 6.07) is 0. The van der Waals surface area contributed by atoms with Gasteiger partial charge in [-0.05, 0) is 0 Å². The maximum Gasteiger partial charge on any atom is 0.418 e. The minimum Gasteiger partial charge on any atom is -0.409 e. The molecule has 0 heterocycles. The van der Waals surface area contributed by atoms with Crippen LogP contribution in [0.2, 0.25) is 0 Å². The second kappa shape index (κ2) is 4.96. The van der Waals surface area contributed by atoms with Gasteiger partial charge in [-0.2, -0.15) is 8.78 Å². The molecule has 1 atom stereocenters. The van der Waals surface area contributed by atoms with E-state index in [0.29, 0.717) is 0 Å². The Kier molecular flexibility index (Phi) is 4.04. The van der Waals surface area contributed by atoms with Crippen LogP contribution in [0.3, 0.4) is 0 Å². The molecule has 0 radical (unpaired) electrons. The van der Waals surface area contributed by atoms with E-state index in [-0.39, 0.29) is 0 Å². The maximum absolute atomic E-state index is 12.9. The summed E-state index contributed by atoms with van der Waals surface area (Å²) in [5.41, 5.74) is 0. The first-order chi connectivity index (χ1) is 7.77. The van der Waals surface area contributed by atoms with E-state index in [1.54, 1.807) is 0 Å². The summed E-state index contributed by atoms with van der Waals surface area (Å²) >= 11 is 0. The molecule has 94 valence electrons. The summed E-state index contributed by atoms with van der Waals surface area (Å²) < 4.78 is 77.5. The zero-order chi connectivity index (χ0) is 13.3. The first-order valence-electron chi connectivity index (χ1n) is 3.58. The van der Waals surface area contributed by atoms with Crippen molar-refractivity contribution in [2.24, 2.45) is 0 Å². The summed E-state index contributed by atoms with van der Waals surface area (Å²) in [4.78, 5) is 10.6. The van der Waals surface area contributed by atoms with Crippen LogP contribution in [-0.4, -0.2) is 9.51 Å². The van der Waals surface area contributed by atoms with Gasteiger partial charge >= 0.3 is 5.30 Å². The van der Waals surface area contributed by atoms with Crippen molar-refractivity contribution in [2.45, 2.75) is 0 Å². The lowest BCUT2D eigenvalue weighted by Gasteiger charge is -2.06. The Bertz CT molecular complexity index is 492. The molecule has 0 aromatic heterocycles. The van der Waals surface area contributed by atoms with Gasteiger partial charge < -0.3 is 4.74 Å². The van der Waals surface area contributed by atoms with Crippen molar-refractivity contribution in [1.29, 1.82) is 0 Å². The van der Waals surface area contributed by atoms with Gasteiger partial charge in [-0.3, -0.25) is 0 Å². The average Bonchev–Trinajstić information content (AvgIpc) is 2.29. The molecule has 10 heteroatoms. The number of carbonyl (C=O) groups excluding carboxylic acids is 1. The summed E-state index contributed by atoms with van der Waals surface area (Å²) in [6.07, 6.45) is 0. The molecule has 0 fully saturated rings. The van der Waals surface area contributed by atoms with Gasteiger partial charge in [0.2, 0.25) is 44.8 Å². The molecule has 1 aromatic carbocycles. The third kappa shape index (κ3) is 2.55. The molecule has 0 aliphatic heterocycles. The Morgan fingerprint density at radius 1 is 0.941 bits per heavy atom. The van der Waals surface area contributed by atoms with Crippen molar-refractivity contribution in [2.75, 3.05) is 0 Å². The number of rotatable bonds is 1. The van der Waals surface area contributed by atoms with E-state index in [9.17, 15) is 31.0 Å². The van der Waals surface area contributed by atoms with Crippen molar-refractivity contribution in [3.63, 3.8) is 0 Å². The third-order valence-corrected chi connectivity index (χ3v) is 2.21. The van der Waals surface area contributed by atoms with Crippen LogP contribution >= 0.6 is 10.7 Å².